The fourth-order valence-corrected chi connectivity index (χ4v) is 3.13. The van der Waals surface area contributed by atoms with Gasteiger partial charge in [-0.1, -0.05) is 18.9 Å². The van der Waals surface area contributed by atoms with Gasteiger partial charge in [-0.25, -0.2) is 9.18 Å². The van der Waals surface area contributed by atoms with E-state index in [0.29, 0.717) is 17.3 Å². The number of aliphatic carboxylic acids is 1. The van der Waals surface area contributed by atoms with Crippen molar-refractivity contribution in [3.8, 4) is 0 Å². The van der Waals surface area contributed by atoms with E-state index >= 15 is 0 Å². The van der Waals surface area contributed by atoms with Crippen molar-refractivity contribution in [3.63, 3.8) is 0 Å². The van der Waals surface area contributed by atoms with Crippen molar-refractivity contribution < 1.29 is 19.1 Å². The zero-order valence-electron chi connectivity index (χ0n) is 11.3. The number of halogens is 2. The molecule has 0 unspecified atom stereocenters. The lowest BCUT2D eigenvalue weighted by Gasteiger charge is -2.28. The zero-order valence-corrected chi connectivity index (χ0v) is 12.9. The summed E-state index contributed by atoms with van der Waals surface area (Å²) in [5.41, 5.74) is -0.702. The SMILES string of the molecule is O=C(O)CC1(NC(=O)Nc2c(F)cccc2Br)CCCC1. The number of carbonyl (C=O) groups excluding carboxylic acids is 1. The minimum Gasteiger partial charge on any atom is -0.481 e. The fourth-order valence-electron chi connectivity index (χ4n) is 2.69. The number of nitrogens with one attached hydrogen (secondary N) is 2. The number of urea groups is 1. The molecule has 1 fully saturated rings. The van der Waals surface area contributed by atoms with Crippen molar-refractivity contribution in [2.24, 2.45) is 0 Å². The topological polar surface area (TPSA) is 78.4 Å². The van der Waals surface area contributed by atoms with E-state index in [2.05, 4.69) is 26.6 Å². The molecule has 7 heteroatoms. The van der Waals surface area contributed by atoms with Crippen LogP contribution in [0.2, 0.25) is 0 Å². The maximum atomic E-state index is 13.7. The summed E-state index contributed by atoms with van der Waals surface area (Å²) in [6.45, 7) is 0. The standard InChI is InChI=1S/C14H16BrFN2O3/c15-9-4-3-5-10(16)12(9)17-13(21)18-14(8-11(19)20)6-1-2-7-14/h3-5H,1-2,6-8H2,(H,19,20)(H2,17,18,21). The van der Waals surface area contributed by atoms with Gasteiger partial charge in [0.15, 0.2) is 0 Å². The molecule has 1 aromatic carbocycles. The Morgan fingerprint density at radius 2 is 2.00 bits per heavy atom. The highest BCUT2D eigenvalue weighted by Crippen LogP contribution is 2.33. The number of anilines is 1. The van der Waals surface area contributed by atoms with Gasteiger partial charge in [-0.15, -0.1) is 0 Å². The third kappa shape index (κ3) is 3.93. The molecule has 2 amide bonds. The summed E-state index contributed by atoms with van der Waals surface area (Å²) < 4.78 is 14.1. The first-order valence-electron chi connectivity index (χ1n) is 6.67. The predicted octanol–water partition coefficient (Wildman–Crippen LogP) is 3.50. The molecule has 3 N–H and O–H groups in total. The summed E-state index contributed by atoms with van der Waals surface area (Å²) >= 11 is 3.17. The fraction of sp³-hybridized carbons (Fsp3) is 0.429. The first-order chi connectivity index (χ1) is 9.92. The van der Waals surface area contributed by atoms with Crippen LogP contribution >= 0.6 is 15.9 Å². The normalized spacial score (nSPS) is 16.5. The maximum Gasteiger partial charge on any atom is 0.319 e. The molecule has 0 aliphatic heterocycles. The van der Waals surface area contributed by atoms with Crippen molar-refractivity contribution >= 4 is 33.6 Å². The largest absolute Gasteiger partial charge is 0.481 e. The van der Waals surface area contributed by atoms with Crippen LogP contribution in [-0.2, 0) is 4.79 Å². The van der Waals surface area contributed by atoms with Crippen LogP contribution in [0.15, 0.2) is 22.7 Å². The molecule has 2 rings (SSSR count). The lowest BCUT2D eigenvalue weighted by atomic mass is 9.93. The smallest absolute Gasteiger partial charge is 0.319 e. The Morgan fingerprint density at radius 3 is 2.57 bits per heavy atom. The summed E-state index contributed by atoms with van der Waals surface area (Å²) in [5.74, 6) is -1.51. The van der Waals surface area contributed by atoms with Crippen molar-refractivity contribution in [1.82, 2.24) is 5.32 Å². The molecule has 114 valence electrons. The molecule has 0 heterocycles. The van der Waals surface area contributed by atoms with Gasteiger partial charge < -0.3 is 15.7 Å². The summed E-state index contributed by atoms with van der Waals surface area (Å²) in [6, 6.07) is 3.78. The number of benzene rings is 1. The molecule has 0 radical (unpaired) electrons. The highest BCUT2D eigenvalue weighted by atomic mass is 79.9. The molecular weight excluding hydrogens is 343 g/mol. The van der Waals surface area contributed by atoms with Crippen molar-refractivity contribution in [2.75, 3.05) is 5.32 Å². The van der Waals surface area contributed by atoms with E-state index in [1.807, 2.05) is 0 Å². The van der Waals surface area contributed by atoms with E-state index < -0.39 is 23.4 Å². The Kier molecular flexibility index (Phi) is 4.82. The van der Waals surface area contributed by atoms with Crippen molar-refractivity contribution in [3.05, 3.63) is 28.5 Å². The van der Waals surface area contributed by atoms with Gasteiger partial charge >= 0.3 is 12.0 Å². The highest BCUT2D eigenvalue weighted by molar-refractivity contribution is 9.10. The summed E-state index contributed by atoms with van der Waals surface area (Å²) in [5, 5.41) is 14.1. The lowest BCUT2D eigenvalue weighted by molar-refractivity contribution is -0.138. The van der Waals surface area contributed by atoms with Gasteiger partial charge in [0.2, 0.25) is 0 Å². The summed E-state index contributed by atoms with van der Waals surface area (Å²) in [7, 11) is 0. The Hall–Kier alpha value is -1.63. The molecule has 0 spiro atoms. The Labute approximate surface area is 130 Å². The van der Waals surface area contributed by atoms with E-state index in [4.69, 9.17) is 5.11 Å². The molecule has 1 aliphatic carbocycles. The second-order valence-corrected chi connectivity index (χ2v) is 6.09. The second-order valence-electron chi connectivity index (χ2n) is 5.23. The Balaban J connectivity index is 2.08. The molecular formula is C14H16BrFN2O3. The van der Waals surface area contributed by atoms with Crippen LogP contribution < -0.4 is 10.6 Å². The quantitative estimate of drug-likeness (QED) is 0.770. The number of hydrogen-bond acceptors (Lipinski definition) is 2. The molecule has 0 saturated heterocycles. The van der Waals surface area contributed by atoms with E-state index in [0.717, 1.165) is 12.8 Å². The third-order valence-corrected chi connectivity index (χ3v) is 4.29. The van der Waals surface area contributed by atoms with Gasteiger partial charge in [0.05, 0.1) is 17.6 Å². The van der Waals surface area contributed by atoms with E-state index in [1.165, 1.54) is 12.1 Å². The van der Waals surface area contributed by atoms with Gasteiger partial charge in [0, 0.05) is 4.47 Å². The van der Waals surface area contributed by atoms with Gasteiger partial charge in [0.25, 0.3) is 0 Å². The van der Waals surface area contributed by atoms with Crippen molar-refractivity contribution in [1.29, 1.82) is 0 Å². The van der Waals surface area contributed by atoms with Crippen LogP contribution in [0, 0.1) is 5.82 Å². The number of carbonyl (C=O) groups is 2. The molecule has 21 heavy (non-hydrogen) atoms. The van der Waals surface area contributed by atoms with Crippen LogP contribution in [0.5, 0.6) is 0 Å². The third-order valence-electron chi connectivity index (χ3n) is 3.63. The minimum absolute atomic E-state index is 0.0403. The van der Waals surface area contributed by atoms with Crippen LogP contribution in [-0.4, -0.2) is 22.6 Å². The van der Waals surface area contributed by atoms with Gasteiger partial charge in [-0.2, -0.15) is 0 Å². The monoisotopic (exact) mass is 358 g/mol. The number of amides is 2. The minimum atomic E-state index is -0.954. The molecule has 5 nitrogen and oxygen atoms in total. The molecule has 0 atom stereocenters. The maximum absolute atomic E-state index is 13.7. The average Bonchev–Trinajstić information content (AvgIpc) is 2.81. The number of carboxylic acids is 1. The van der Waals surface area contributed by atoms with Gasteiger partial charge in [0.1, 0.15) is 5.82 Å². The van der Waals surface area contributed by atoms with E-state index in [9.17, 15) is 14.0 Å². The van der Waals surface area contributed by atoms with Gasteiger partial charge in [-0.05, 0) is 40.9 Å². The van der Waals surface area contributed by atoms with Crippen LogP contribution in [0.3, 0.4) is 0 Å². The van der Waals surface area contributed by atoms with E-state index in [1.54, 1.807) is 6.07 Å². The molecule has 1 aromatic rings. The van der Waals surface area contributed by atoms with Crippen LogP contribution in [0.1, 0.15) is 32.1 Å². The Bertz CT molecular complexity index is 539. The lowest BCUT2D eigenvalue weighted by Crippen LogP contribution is -2.49. The van der Waals surface area contributed by atoms with Crippen molar-refractivity contribution in [2.45, 2.75) is 37.6 Å². The summed E-state index contributed by atoms with van der Waals surface area (Å²) in [4.78, 5) is 23.0. The van der Waals surface area contributed by atoms with Crippen LogP contribution in [0.4, 0.5) is 14.9 Å². The number of hydrogen-bond donors (Lipinski definition) is 3. The molecule has 0 bridgehead atoms. The number of carboxylic acid groups (broad SMARTS) is 1. The molecule has 1 aliphatic rings. The predicted molar refractivity (Wildman–Crippen MR) is 79.7 cm³/mol. The highest BCUT2D eigenvalue weighted by Gasteiger charge is 2.37. The zero-order chi connectivity index (χ0) is 15.5. The molecule has 0 aromatic heterocycles. The van der Waals surface area contributed by atoms with Gasteiger partial charge in [-0.3, -0.25) is 4.79 Å². The van der Waals surface area contributed by atoms with E-state index in [-0.39, 0.29) is 12.1 Å². The summed E-state index contributed by atoms with van der Waals surface area (Å²) in [6.07, 6.45) is 2.85. The first-order valence-corrected chi connectivity index (χ1v) is 7.46. The number of para-hydroxylation sites is 1. The average molecular weight is 359 g/mol. The molecule has 1 saturated carbocycles. The second kappa shape index (κ2) is 6.43. The van der Waals surface area contributed by atoms with Crippen LogP contribution in [0.25, 0.3) is 0 Å². The first kappa shape index (κ1) is 15.8. The Morgan fingerprint density at radius 1 is 1.33 bits per heavy atom. The number of rotatable bonds is 4.